The van der Waals surface area contributed by atoms with E-state index in [-0.39, 0.29) is 0 Å². The van der Waals surface area contributed by atoms with Crippen LogP contribution in [0.2, 0.25) is 0 Å². The van der Waals surface area contributed by atoms with Crippen LogP contribution in [0.25, 0.3) is 0 Å². The molecule has 13 heavy (non-hydrogen) atoms. The van der Waals surface area contributed by atoms with Gasteiger partial charge in [0.2, 0.25) is 0 Å². The third kappa shape index (κ3) is 2.74. The molecule has 1 heterocycles. The third-order valence-corrected chi connectivity index (χ3v) is 2.92. The van der Waals surface area contributed by atoms with Gasteiger partial charge in [0.15, 0.2) is 0 Å². The fourth-order valence-electron chi connectivity index (χ4n) is 1.06. The molecule has 0 saturated carbocycles. The van der Waals surface area contributed by atoms with Gasteiger partial charge in [-0.3, -0.25) is 0 Å². The molecule has 0 aliphatic heterocycles. The molecule has 4 heteroatoms. The number of hydrogen-bond donors (Lipinski definition) is 1. The van der Waals surface area contributed by atoms with Crippen molar-refractivity contribution in [2.24, 2.45) is 0 Å². The maximum absolute atomic E-state index is 12.1. The van der Waals surface area contributed by atoms with Gasteiger partial charge in [-0.05, 0) is 18.6 Å². The van der Waals surface area contributed by atoms with Crippen LogP contribution in [0.4, 0.5) is 8.78 Å². The topological polar surface area (TPSA) is 20.2 Å². The molecular formula is C9H12F2OS. The van der Waals surface area contributed by atoms with E-state index in [1.54, 1.807) is 12.1 Å². The van der Waals surface area contributed by atoms with Crippen molar-refractivity contribution in [3.63, 3.8) is 0 Å². The molecule has 0 aliphatic carbocycles. The van der Waals surface area contributed by atoms with Gasteiger partial charge in [-0.15, -0.1) is 11.3 Å². The molecule has 1 rings (SSSR count). The van der Waals surface area contributed by atoms with Crippen LogP contribution in [0.15, 0.2) is 12.1 Å². The van der Waals surface area contributed by atoms with Gasteiger partial charge >= 0.3 is 0 Å². The molecule has 0 radical (unpaired) electrons. The molecule has 1 nitrogen and oxygen atoms in total. The predicted molar refractivity (Wildman–Crippen MR) is 49.3 cm³/mol. The van der Waals surface area contributed by atoms with E-state index >= 15 is 0 Å². The number of hydrogen-bond acceptors (Lipinski definition) is 2. The summed E-state index contributed by atoms with van der Waals surface area (Å²) in [5.41, 5.74) is 0. The van der Waals surface area contributed by atoms with E-state index in [0.29, 0.717) is 4.88 Å². The lowest BCUT2D eigenvalue weighted by Crippen LogP contribution is -2.05. The van der Waals surface area contributed by atoms with Crippen molar-refractivity contribution in [3.05, 3.63) is 21.9 Å². The highest BCUT2D eigenvalue weighted by Crippen LogP contribution is 2.28. The Kier molecular flexibility index (Phi) is 3.81. The normalized spacial score (nSPS) is 13.6. The summed E-state index contributed by atoms with van der Waals surface area (Å²) in [5.74, 6) is 0. The fourth-order valence-corrected chi connectivity index (χ4v) is 2.16. The average molecular weight is 206 g/mol. The minimum atomic E-state index is -2.69. The summed E-state index contributed by atoms with van der Waals surface area (Å²) < 4.78 is 24.1. The lowest BCUT2D eigenvalue weighted by Gasteiger charge is -2.05. The van der Waals surface area contributed by atoms with Gasteiger partial charge in [-0.25, -0.2) is 8.78 Å². The van der Waals surface area contributed by atoms with Gasteiger partial charge in [0.05, 0.1) is 0 Å². The van der Waals surface area contributed by atoms with Crippen molar-refractivity contribution in [3.8, 4) is 0 Å². The van der Waals surface area contributed by atoms with Gasteiger partial charge in [-0.2, -0.15) is 0 Å². The van der Waals surface area contributed by atoms with E-state index in [4.69, 9.17) is 5.11 Å². The van der Waals surface area contributed by atoms with Crippen LogP contribution in [-0.2, 0) is 6.42 Å². The van der Waals surface area contributed by atoms with Crippen molar-refractivity contribution in [2.45, 2.75) is 32.3 Å². The van der Waals surface area contributed by atoms with Crippen LogP contribution >= 0.6 is 11.3 Å². The maximum Gasteiger partial charge on any atom is 0.268 e. The van der Waals surface area contributed by atoms with Crippen molar-refractivity contribution >= 4 is 11.3 Å². The summed E-state index contributed by atoms with van der Waals surface area (Å²) in [6.45, 7) is 2.03. The molecule has 0 fully saturated rings. The first-order valence-electron chi connectivity index (χ1n) is 4.20. The highest BCUT2D eigenvalue weighted by Gasteiger charge is 2.20. The van der Waals surface area contributed by atoms with Crippen LogP contribution < -0.4 is 0 Å². The third-order valence-electron chi connectivity index (χ3n) is 1.71. The van der Waals surface area contributed by atoms with Crippen molar-refractivity contribution in [1.29, 1.82) is 0 Å². The lowest BCUT2D eigenvalue weighted by atomic mass is 10.2. The molecule has 0 bridgehead atoms. The Labute approximate surface area is 80.0 Å². The van der Waals surface area contributed by atoms with Crippen LogP contribution in [0.5, 0.6) is 0 Å². The monoisotopic (exact) mass is 206 g/mol. The zero-order valence-corrected chi connectivity index (χ0v) is 8.15. The highest BCUT2D eigenvalue weighted by atomic mass is 32.1. The Morgan fingerprint density at radius 2 is 2.15 bits per heavy atom. The molecule has 1 atom stereocenters. The maximum atomic E-state index is 12.1. The number of thiophene rings is 1. The smallest absolute Gasteiger partial charge is 0.268 e. The lowest BCUT2D eigenvalue weighted by molar-refractivity contribution is -0.00369. The second-order valence-corrected chi connectivity index (χ2v) is 4.03. The predicted octanol–water partition coefficient (Wildman–Crippen LogP) is 3.00. The van der Waals surface area contributed by atoms with Crippen molar-refractivity contribution in [1.82, 2.24) is 0 Å². The first-order chi connectivity index (χ1) is 6.15. The van der Waals surface area contributed by atoms with Gasteiger partial charge < -0.3 is 5.11 Å². The van der Waals surface area contributed by atoms with Crippen LogP contribution in [0, 0.1) is 0 Å². The minimum Gasteiger partial charge on any atom is -0.382 e. The van der Waals surface area contributed by atoms with Crippen LogP contribution in [0.3, 0.4) is 0 Å². The zero-order chi connectivity index (χ0) is 9.84. The van der Waals surface area contributed by atoms with Crippen molar-refractivity contribution in [2.75, 3.05) is 0 Å². The largest absolute Gasteiger partial charge is 0.382 e. The van der Waals surface area contributed by atoms with Crippen molar-refractivity contribution < 1.29 is 13.9 Å². The quantitative estimate of drug-likeness (QED) is 0.803. The van der Waals surface area contributed by atoms with Gasteiger partial charge in [0.25, 0.3) is 6.43 Å². The second-order valence-electron chi connectivity index (χ2n) is 2.83. The van der Waals surface area contributed by atoms with Gasteiger partial charge in [0, 0.05) is 9.75 Å². The molecule has 0 saturated heterocycles. The fraction of sp³-hybridized carbons (Fsp3) is 0.556. The summed E-state index contributed by atoms with van der Waals surface area (Å²) >= 11 is 1.26. The van der Waals surface area contributed by atoms with E-state index in [1.807, 2.05) is 6.92 Å². The van der Waals surface area contributed by atoms with E-state index in [0.717, 1.165) is 17.7 Å². The number of rotatable bonds is 4. The molecule has 0 aliphatic rings. The Bertz CT molecular complexity index is 260. The van der Waals surface area contributed by atoms with Gasteiger partial charge in [-0.1, -0.05) is 13.3 Å². The summed E-state index contributed by atoms with van der Waals surface area (Å²) in [4.78, 5) is 1.41. The van der Waals surface area contributed by atoms with Crippen LogP contribution in [-0.4, -0.2) is 11.5 Å². The molecule has 74 valence electrons. The summed E-state index contributed by atoms with van der Waals surface area (Å²) in [7, 11) is 0. The summed E-state index contributed by atoms with van der Waals surface area (Å²) in [6.07, 6.45) is -2.42. The molecular weight excluding hydrogens is 194 g/mol. The highest BCUT2D eigenvalue weighted by molar-refractivity contribution is 7.12. The molecule has 0 aromatic carbocycles. The second kappa shape index (κ2) is 4.67. The molecule has 0 amide bonds. The molecule has 0 spiro atoms. The Morgan fingerprint density at radius 3 is 2.69 bits per heavy atom. The zero-order valence-electron chi connectivity index (χ0n) is 7.34. The molecule has 1 aromatic heterocycles. The number of alkyl halides is 2. The number of aliphatic hydroxyl groups is 1. The first-order valence-corrected chi connectivity index (χ1v) is 5.01. The van der Waals surface area contributed by atoms with E-state index in [2.05, 4.69) is 0 Å². The SMILES string of the molecule is CCCc1ccc(C(O)C(F)F)s1. The Hall–Kier alpha value is -0.480. The standard InChI is InChI=1S/C9H12F2OS/c1-2-3-6-4-5-7(13-6)8(12)9(10)11/h4-5,8-9,12H,2-3H2,1H3. The minimum absolute atomic E-state index is 0.360. The average Bonchev–Trinajstić information content (AvgIpc) is 2.52. The summed E-state index contributed by atoms with van der Waals surface area (Å²) in [5, 5.41) is 9.04. The van der Waals surface area contributed by atoms with Gasteiger partial charge in [0.1, 0.15) is 6.10 Å². The molecule has 1 unspecified atom stereocenters. The Morgan fingerprint density at radius 1 is 1.46 bits per heavy atom. The number of aliphatic hydroxyl groups excluding tert-OH is 1. The van der Waals surface area contributed by atoms with Crippen LogP contribution in [0.1, 0.15) is 29.2 Å². The number of aryl methyl sites for hydroxylation is 1. The van der Waals surface area contributed by atoms with E-state index < -0.39 is 12.5 Å². The Balaban J connectivity index is 2.67. The molecule has 1 aromatic rings. The number of halogens is 2. The van der Waals surface area contributed by atoms with E-state index in [9.17, 15) is 8.78 Å². The van der Waals surface area contributed by atoms with E-state index in [1.165, 1.54) is 11.3 Å². The molecule has 1 N–H and O–H groups in total. The summed E-state index contributed by atoms with van der Waals surface area (Å²) in [6, 6.07) is 3.38. The first kappa shape index (κ1) is 10.6.